The highest BCUT2D eigenvalue weighted by atomic mass is 31.1. The van der Waals surface area contributed by atoms with Crippen molar-refractivity contribution in [3.63, 3.8) is 0 Å². The predicted molar refractivity (Wildman–Crippen MR) is 67.6 cm³/mol. The number of aliphatic hydroxyl groups excluding tert-OH is 1. The molecule has 0 saturated heterocycles. The van der Waals surface area contributed by atoms with Crippen molar-refractivity contribution in [3.05, 3.63) is 29.8 Å². The Morgan fingerprint density at radius 2 is 1.93 bits per heavy atom. The summed E-state index contributed by atoms with van der Waals surface area (Å²) in [5.41, 5.74) is 1.49. The van der Waals surface area contributed by atoms with Crippen molar-refractivity contribution in [2.75, 3.05) is 6.61 Å². The van der Waals surface area contributed by atoms with Crippen LogP contribution in [0.4, 0.5) is 0 Å². The largest absolute Gasteiger partial charge is 0.396 e. The van der Waals surface area contributed by atoms with Crippen molar-refractivity contribution in [1.29, 1.82) is 0 Å². The maximum atomic E-state index is 8.67. The summed E-state index contributed by atoms with van der Waals surface area (Å²) >= 11 is 0. The lowest BCUT2D eigenvalue weighted by Gasteiger charge is -2.06. The van der Waals surface area contributed by atoms with Gasteiger partial charge in [0.15, 0.2) is 0 Å². The molecule has 3 heteroatoms. The van der Waals surface area contributed by atoms with E-state index in [2.05, 4.69) is 31.8 Å². The summed E-state index contributed by atoms with van der Waals surface area (Å²) in [5, 5.41) is 10.2. The van der Waals surface area contributed by atoms with E-state index in [1.54, 1.807) is 0 Å². The van der Waals surface area contributed by atoms with Crippen LogP contribution in [-0.2, 0) is 6.42 Å². The van der Waals surface area contributed by atoms with Crippen LogP contribution in [-0.4, -0.2) is 19.3 Å². The van der Waals surface area contributed by atoms with Crippen molar-refractivity contribution >= 4 is 21.3 Å². The van der Waals surface area contributed by atoms with E-state index in [0.717, 1.165) is 27.7 Å². The van der Waals surface area contributed by atoms with Crippen molar-refractivity contribution in [3.8, 4) is 0 Å². The number of rotatable bonds is 6. The number of aliphatic hydroxyl groups is 1. The molecule has 1 unspecified atom stereocenters. The minimum absolute atomic E-state index is 0.331. The Bertz CT molecular complexity index is 265. The Hall–Kier alpha value is -0.325. The van der Waals surface area contributed by atoms with Gasteiger partial charge in [0.2, 0.25) is 0 Å². The second-order valence-corrected chi connectivity index (χ2v) is 4.48. The first-order valence-electron chi connectivity index (χ1n) is 5.25. The molecule has 0 radical (unpaired) electrons. The first-order chi connectivity index (χ1) is 6.88. The Labute approximate surface area is 89.1 Å². The van der Waals surface area contributed by atoms with E-state index < -0.39 is 0 Å². The van der Waals surface area contributed by atoms with Crippen molar-refractivity contribution in [1.82, 2.24) is 0 Å². The molecule has 0 saturated carbocycles. The maximum absolute atomic E-state index is 8.67. The topological polar surface area (TPSA) is 20.2 Å². The van der Waals surface area contributed by atoms with Gasteiger partial charge in [0.05, 0.1) is 0 Å². The van der Waals surface area contributed by atoms with Crippen LogP contribution in [0.3, 0.4) is 0 Å². The minimum atomic E-state index is 0.331. The Morgan fingerprint density at radius 3 is 2.64 bits per heavy atom. The van der Waals surface area contributed by atoms with Crippen molar-refractivity contribution < 1.29 is 5.11 Å². The van der Waals surface area contributed by atoms with Gasteiger partial charge in [-0.3, -0.25) is 0 Å². The highest BCUT2D eigenvalue weighted by molar-refractivity contribution is 7.73. The first kappa shape index (κ1) is 11.7. The van der Waals surface area contributed by atoms with E-state index in [9.17, 15) is 0 Å². The molecule has 0 fully saturated rings. The van der Waals surface area contributed by atoms with Crippen LogP contribution < -0.4 is 5.30 Å². The number of hydrogen-bond acceptors (Lipinski definition) is 1. The SMILES string of the molecule is BPc1ccccc1CCCCCO. The van der Waals surface area contributed by atoms with Crippen LogP contribution in [0.2, 0.25) is 0 Å². The zero-order valence-corrected chi connectivity index (χ0v) is 9.79. The van der Waals surface area contributed by atoms with Crippen molar-refractivity contribution in [2.45, 2.75) is 25.7 Å². The van der Waals surface area contributed by atoms with E-state index >= 15 is 0 Å². The van der Waals surface area contributed by atoms with Crippen LogP contribution in [0.25, 0.3) is 0 Å². The van der Waals surface area contributed by atoms with Gasteiger partial charge in [0.1, 0.15) is 7.57 Å². The molecule has 0 aliphatic heterocycles. The molecule has 76 valence electrons. The van der Waals surface area contributed by atoms with E-state index in [4.69, 9.17) is 5.11 Å². The Morgan fingerprint density at radius 1 is 1.14 bits per heavy atom. The third kappa shape index (κ3) is 3.81. The molecule has 0 aromatic heterocycles. The van der Waals surface area contributed by atoms with Gasteiger partial charge < -0.3 is 5.11 Å². The molecule has 0 aliphatic carbocycles. The zero-order valence-electron chi connectivity index (χ0n) is 8.79. The van der Waals surface area contributed by atoms with Gasteiger partial charge in [-0.2, -0.15) is 0 Å². The fraction of sp³-hybridized carbons (Fsp3) is 0.455. The molecule has 1 rings (SSSR count). The second-order valence-electron chi connectivity index (χ2n) is 3.44. The minimum Gasteiger partial charge on any atom is -0.396 e. The Kier molecular flexibility index (Phi) is 5.90. The average Bonchev–Trinajstić information content (AvgIpc) is 2.25. The molecule has 0 heterocycles. The average molecular weight is 208 g/mol. The van der Waals surface area contributed by atoms with E-state index in [1.807, 2.05) is 0 Å². The summed E-state index contributed by atoms with van der Waals surface area (Å²) in [5.74, 6) is 0. The van der Waals surface area contributed by atoms with Gasteiger partial charge >= 0.3 is 0 Å². The van der Waals surface area contributed by atoms with Crippen LogP contribution in [0, 0.1) is 0 Å². The van der Waals surface area contributed by atoms with Crippen LogP contribution >= 0.6 is 8.46 Å². The molecular formula is C11H18BOP. The lowest BCUT2D eigenvalue weighted by Crippen LogP contribution is -2.03. The van der Waals surface area contributed by atoms with Gasteiger partial charge in [-0.25, -0.2) is 0 Å². The standard InChI is InChI=1S/C11H18BOP/c12-14-11-8-4-3-7-10(11)6-2-1-5-9-13/h3-4,7-8,13-14H,1-2,5-6,9,12H2. The van der Waals surface area contributed by atoms with Gasteiger partial charge in [0, 0.05) is 6.61 Å². The third-order valence-electron chi connectivity index (χ3n) is 2.39. The highest BCUT2D eigenvalue weighted by Crippen LogP contribution is 2.11. The fourth-order valence-electron chi connectivity index (χ4n) is 1.59. The smallest absolute Gasteiger partial charge is 0.136 e. The van der Waals surface area contributed by atoms with Crippen molar-refractivity contribution in [2.24, 2.45) is 0 Å². The molecule has 1 N–H and O–H groups in total. The van der Waals surface area contributed by atoms with E-state index in [0.29, 0.717) is 6.61 Å². The predicted octanol–water partition coefficient (Wildman–Crippen LogP) is 1.24. The molecular weight excluding hydrogens is 190 g/mol. The van der Waals surface area contributed by atoms with Crippen LogP contribution in [0.1, 0.15) is 24.8 Å². The number of aryl methyl sites for hydroxylation is 1. The third-order valence-corrected chi connectivity index (χ3v) is 3.42. The molecule has 0 bridgehead atoms. The first-order valence-corrected chi connectivity index (χ1v) is 6.75. The van der Waals surface area contributed by atoms with Gasteiger partial charge in [-0.05, 0) is 30.1 Å². The number of hydrogen-bond donors (Lipinski definition) is 1. The van der Waals surface area contributed by atoms with Crippen LogP contribution in [0.15, 0.2) is 24.3 Å². The number of benzene rings is 1. The van der Waals surface area contributed by atoms with E-state index in [1.165, 1.54) is 17.3 Å². The molecule has 1 aromatic carbocycles. The quantitative estimate of drug-likeness (QED) is 0.423. The summed E-state index contributed by atoms with van der Waals surface area (Å²) in [7, 11) is 3.12. The molecule has 0 aliphatic rings. The second kappa shape index (κ2) is 7.03. The van der Waals surface area contributed by atoms with Crippen LogP contribution in [0.5, 0.6) is 0 Å². The summed E-state index contributed by atoms with van der Waals surface area (Å²) in [6.45, 7) is 0.331. The van der Waals surface area contributed by atoms with Gasteiger partial charge in [-0.15, -0.1) is 8.46 Å². The van der Waals surface area contributed by atoms with E-state index in [-0.39, 0.29) is 0 Å². The summed E-state index contributed by atoms with van der Waals surface area (Å²) in [6.07, 6.45) is 4.44. The molecule has 1 atom stereocenters. The summed E-state index contributed by atoms with van der Waals surface area (Å²) in [4.78, 5) is 0. The maximum Gasteiger partial charge on any atom is 0.136 e. The molecule has 1 nitrogen and oxygen atoms in total. The lowest BCUT2D eigenvalue weighted by atomic mass is 10.1. The molecule has 0 spiro atoms. The summed E-state index contributed by atoms with van der Waals surface area (Å²) < 4.78 is 0. The monoisotopic (exact) mass is 208 g/mol. The molecule has 14 heavy (non-hydrogen) atoms. The Balaban J connectivity index is 2.41. The normalized spacial score (nSPS) is 11.2. The lowest BCUT2D eigenvalue weighted by molar-refractivity contribution is 0.283. The molecule has 0 amide bonds. The highest BCUT2D eigenvalue weighted by Gasteiger charge is 1.98. The van der Waals surface area contributed by atoms with Gasteiger partial charge in [0.25, 0.3) is 0 Å². The van der Waals surface area contributed by atoms with Gasteiger partial charge in [-0.1, -0.05) is 30.7 Å². The zero-order chi connectivity index (χ0) is 10.2. The fourth-order valence-corrected chi connectivity index (χ4v) is 2.38. The summed E-state index contributed by atoms with van der Waals surface area (Å²) in [6, 6.07) is 8.68. The number of unbranched alkanes of at least 4 members (excludes halogenated alkanes) is 2. The molecule has 1 aromatic rings.